The molecule has 6 heteroatoms. The molecule has 2 aliphatic rings. The second-order valence-electron chi connectivity index (χ2n) is 6.19. The topological polar surface area (TPSA) is 56.6 Å². The molecular formula is C18H23N3O2S. The smallest absolute Gasteiger partial charge is 0.254 e. The molecule has 3 rings (SSSR count). The number of hydrogen-bond donors (Lipinski definition) is 0. The molecular weight excluding hydrogens is 322 g/mol. The van der Waals surface area contributed by atoms with E-state index in [2.05, 4.69) is 11.0 Å². The number of hydrogen-bond acceptors (Lipinski definition) is 5. The number of amides is 1. The molecule has 1 atom stereocenters. The molecule has 5 nitrogen and oxygen atoms in total. The van der Waals surface area contributed by atoms with Gasteiger partial charge >= 0.3 is 0 Å². The first kappa shape index (κ1) is 17.3. The summed E-state index contributed by atoms with van der Waals surface area (Å²) in [5, 5.41) is 9.07. The van der Waals surface area contributed by atoms with E-state index in [1.165, 1.54) is 0 Å². The number of carbonyl (C=O) groups is 1. The van der Waals surface area contributed by atoms with Crippen molar-refractivity contribution in [2.75, 3.05) is 50.9 Å². The number of carbonyl (C=O) groups excluding carboxylic acids is 1. The van der Waals surface area contributed by atoms with E-state index >= 15 is 0 Å². The maximum absolute atomic E-state index is 13.0. The highest BCUT2D eigenvalue weighted by Gasteiger charge is 2.28. The summed E-state index contributed by atoms with van der Waals surface area (Å²) >= 11 is 1.93. The van der Waals surface area contributed by atoms with Crippen LogP contribution in [0.3, 0.4) is 0 Å². The molecule has 0 unspecified atom stereocenters. The third-order valence-electron chi connectivity index (χ3n) is 4.51. The number of ether oxygens (including phenoxy) is 1. The lowest BCUT2D eigenvalue weighted by Crippen LogP contribution is -2.50. The van der Waals surface area contributed by atoms with E-state index in [4.69, 9.17) is 10.00 Å². The van der Waals surface area contributed by atoms with Gasteiger partial charge in [-0.25, -0.2) is 0 Å². The SMILES string of the molecule is N#Cc1cccc(C(=O)N2CCCSC[C@H]2CN2CCOCC2)c1. The fourth-order valence-electron chi connectivity index (χ4n) is 3.22. The summed E-state index contributed by atoms with van der Waals surface area (Å²) in [6.45, 7) is 5.12. The largest absolute Gasteiger partial charge is 0.379 e. The molecule has 0 radical (unpaired) electrons. The number of benzene rings is 1. The Morgan fingerprint density at radius 3 is 2.96 bits per heavy atom. The fraction of sp³-hybridized carbons (Fsp3) is 0.556. The van der Waals surface area contributed by atoms with Crippen LogP contribution in [0.2, 0.25) is 0 Å². The second-order valence-corrected chi connectivity index (χ2v) is 7.34. The molecule has 0 spiro atoms. The average molecular weight is 345 g/mol. The first-order chi connectivity index (χ1) is 11.8. The van der Waals surface area contributed by atoms with E-state index in [0.717, 1.165) is 57.3 Å². The van der Waals surface area contributed by atoms with Gasteiger partial charge in [0.2, 0.25) is 0 Å². The van der Waals surface area contributed by atoms with Crippen LogP contribution in [0.5, 0.6) is 0 Å². The second kappa shape index (κ2) is 8.52. The summed E-state index contributed by atoms with van der Waals surface area (Å²) in [6.07, 6.45) is 1.02. The first-order valence-corrected chi connectivity index (χ1v) is 9.62. The third-order valence-corrected chi connectivity index (χ3v) is 5.71. The van der Waals surface area contributed by atoms with Gasteiger partial charge in [-0.15, -0.1) is 0 Å². The summed E-state index contributed by atoms with van der Waals surface area (Å²) in [5.74, 6) is 2.12. The number of thioether (sulfide) groups is 1. The molecule has 0 aliphatic carbocycles. The summed E-state index contributed by atoms with van der Waals surface area (Å²) in [7, 11) is 0. The molecule has 1 amide bonds. The zero-order valence-electron chi connectivity index (χ0n) is 13.8. The molecule has 0 bridgehead atoms. The van der Waals surface area contributed by atoms with Crippen molar-refractivity contribution in [2.24, 2.45) is 0 Å². The molecule has 2 fully saturated rings. The van der Waals surface area contributed by atoms with Crippen LogP contribution in [0.15, 0.2) is 24.3 Å². The van der Waals surface area contributed by atoms with Gasteiger partial charge in [-0.1, -0.05) is 6.07 Å². The van der Waals surface area contributed by atoms with Crippen molar-refractivity contribution in [1.29, 1.82) is 5.26 Å². The normalized spacial score (nSPS) is 22.6. The van der Waals surface area contributed by atoms with E-state index in [1.54, 1.807) is 18.2 Å². The number of nitriles is 1. The molecule has 0 aromatic heterocycles. The highest BCUT2D eigenvalue weighted by atomic mass is 32.2. The van der Waals surface area contributed by atoms with Crippen molar-refractivity contribution >= 4 is 17.7 Å². The van der Waals surface area contributed by atoms with Crippen LogP contribution in [0, 0.1) is 11.3 Å². The van der Waals surface area contributed by atoms with Gasteiger partial charge in [0.05, 0.1) is 30.9 Å². The Labute approximate surface area is 147 Å². The lowest BCUT2D eigenvalue weighted by atomic mass is 10.1. The maximum atomic E-state index is 13.0. The van der Waals surface area contributed by atoms with Gasteiger partial charge in [-0.2, -0.15) is 17.0 Å². The lowest BCUT2D eigenvalue weighted by molar-refractivity contribution is 0.0245. The van der Waals surface area contributed by atoms with Gasteiger partial charge < -0.3 is 9.64 Å². The van der Waals surface area contributed by atoms with E-state index in [1.807, 2.05) is 22.7 Å². The molecule has 1 aromatic carbocycles. The number of nitrogens with zero attached hydrogens (tertiary/aromatic N) is 3. The standard InChI is InChI=1S/C18H23N3O2S/c19-12-15-3-1-4-16(11-15)18(22)21-5-2-10-24-14-17(21)13-20-6-8-23-9-7-20/h1,3-4,11,17H,2,5-10,13-14H2/t17-/m1/s1. The van der Waals surface area contributed by atoms with Gasteiger partial charge in [0.15, 0.2) is 0 Å². The number of rotatable bonds is 3. The van der Waals surface area contributed by atoms with Crippen LogP contribution in [-0.2, 0) is 4.74 Å². The van der Waals surface area contributed by atoms with Crippen LogP contribution < -0.4 is 0 Å². The minimum absolute atomic E-state index is 0.0489. The molecule has 2 saturated heterocycles. The van der Waals surface area contributed by atoms with E-state index in [-0.39, 0.29) is 11.9 Å². The average Bonchev–Trinajstić information content (AvgIpc) is 2.87. The Balaban J connectivity index is 1.75. The Morgan fingerprint density at radius 2 is 2.17 bits per heavy atom. The van der Waals surface area contributed by atoms with Crippen molar-refractivity contribution < 1.29 is 9.53 Å². The van der Waals surface area contributed by atoms with Crippen LogP contribution in [0.1, 0.15) is 22.3 Å². The minimum atomic E-state index is 0.0489. The highest BCUT2D eigenvalue weighted by Crippen LogP contribution is 2.20. The summed E-state index contributed by atoms with van der Waals surface area (Å²) < 4.78 is 5.42. The van der Waals surface area contributed by atoms with Crippen LogP contribution in [0.4, 0.5) is 0 Å². The Bertz CT molecular complexity index is 611. The van der Waals surface area contributed by atoms with Crippen LogP contribution >= 0.6 is 11.8 Å². The Morgan fingerprint density at radius 1 is 1.33 bits per heavy atom. The van der Waals surface area contributed by atoms with Crippen LogP contribution in [-0.4, -0.2) is 72.6 Å². The third kappa shape index (κ3) is 4.29. The van der Waals surface area contributed by atoms with E-state index in [0.29, 0.717) is 11.1 Å². The summed E-state index contributed by atoms with van der Waals surface area (Å²) in [4.78, 5) is 17.5. The van der Waals surface area contributed by atoms with Crippen molar-refractivity contribution in [1.82, 2.24) is 9.80 Å². The molecule has 0 N–H and O–H groups in total. The van der Waals surface area contributed by atoms with Crippen LogP contribution in [0.25, 0.3) is 0 Å². The van der Waals surface area contributed by atoms with E-state index < -0.39 is 0 Å². The van der Waals surface area contributed by atoms with Gasteiger partial charge in [0.1, 0.15) is 0 Å². The van der Waals surface area contributed by atoms with Gasteiger partial charge in [0.25, 0.3) is 5.91 Å². The predicted octanol–water partition coefficient (Wildman–Crippen LogP) is 1.84. The predicted molar refractivity (Wildman–Crippen MR) is 95.2 cm³/mol. The zero-order valence-corrected chi connectivity index (χ0v) is 14.6. The monoisotopic (exact) mass is 345 g/mol. The minimum Gasteiger partial charge on any atom is -0.379 e. The highest BCUT2D eigenvalue weighted by molar-refractivity contribution is 7.99. The Hall–Kier alpha value is -1.55. The molecule has 0 saturated carbocycles. The number of morpholine rings is 1. The summed E-state index contributed by atoms with van der Waals surface area (Å²) in [6, 6.07) is 9.37. The van der Waals surface area contributed by atoms with Crippen molar-refractivity contribution in [3.05, 3.63) is 35.4 Å². The fourth-order valence-corrected chi connectivity index (χ4v) is 4.27. The molecule has 2 aliphatic heterocycles. The molecule has 128 valence electrons. The summed E-state index contributed by atoms with van der Waals surface area (Å²) in [5.41, 5.74) is 1.16. The first-order valence-electron chi connectivity index (χ1n) is 8.47. The quantitative estimate of drug-likeness (QED) is 0.837. The molecule has 24 heavy (non-hydrogen) atoms. The van der Waals surface area contributed by atoms with E-state index in [9.17, 15) is 4.79 Å². The lowest BCUT2D eigenvalue weighted by Gasteiger charge is -2.35. The molecule has 2 heterocycles. The molecule has 1 aromatic rings. The van der Waals surface area contributed by atoms with Gasteiger partial charge in [-0.05, 0) is 30.4 Å². The Kier molecular flexibility index (Phi) is 6.13. The van der Waals surface area contributed by atoms with Gasteiger partial charge in [0, 0.05) is 37.5 Å². The zero-order chi connectivity index (χ0) is 16.8. The maximum Gasteiger partial charge on any atom is 0.254 e. The van der Waals surface area contributed by atoms with Crippen molar-refractivity contribution in [3.63, 3.8) is 0 Å². The van der Waals surface area contributed by atoms with Gasteiger partial charge in [-0.3, -0.25) is 9.69 Å². The van der Waals surface area contributed by atoms with Crippen molar-refractivity contribution in [2.45, 2.75) is 12.5 Å². The van der Waals surface area contributed by atoms with Crippen molar-refractivity contribution in [3.8, 4) is 6.07 Å².